The van der Waals surface area contributed by atoms with Crippen LogP contribution in [-0.2, 0) is 16.6 Å². The quantitative estimate of drug-likeness (QED) is 0.761. The molecule has 2 aromatic rings. The fraction of sp³-hybridized carbons (Fsp3) is 0.357. The third-order valence-corrected chi connectivity index (χ3v) is 4.73. The number of aromatic amines is 1. The smallest absolute Gasteiger partial charge is 0.265 e. The van der Waals surface area contributed by atoms with Gasteiger partial charge in [0.2, 0.25) is 0 Å². The van der Waals surface area contributed by atoms with Crippen molar-refractivity contribution >= 4 is 15.7 Å². The van der Waals surface area contributed by atoms with E-state index in [-0.39, 0.29) is 4.90 Å². The van der Waals surface area contributed by atoms with Crippen LogP contribution in [0.5, 0.6) is 0 Å². The second-order valence-electron chi connectivity index (χ2n) is 4.83. The number of aromatic nitrogens is 2. The summed E-state index contributed by atoms with van der Waals surface area (Å²) in [6, 6.07) is 7.27. The van der Waals surface area contributed by atoms with E-state index in [4.69, 9.17) is 0 Å². The number of sulfonamides is 1. The van der Waals surface area contributed by atoms with Crippen molar-refractivity contribution in [3.05, 3.63) is 41.2 Å². The first-order valence-corrected chi connectivity index (χ1v) is 8.27. The highest BCUT2D eigenvalue weighted by molar-refractivity contribution is 7.92. The van der Waals surface area contributed by atoms with Crippen molar-refractivity contribution in [2.75, 3.05) is 11.3 Å². The summed E-state index contributed by atoms with van der Waals surface area (Å²) in [5.74, 6) is 0. The van der Waals surface area contributed by atoms with Crippen molar-refractivity contribution in [1.29, 1.82) is 0 Å². The van der Waals surface area contributed by atoms with Gasteiger partial charge in [-0.2, -0.15) is 5.10 Å². The van der Waals surface area contributed by atoms with Crippen LogP contribution in [0.1, 0.15) is 23.9 Å². The summed E-state index contributed by atoms with van der Waals surface area (Å²) in [5.41, 5.74) is 2.47. The summed E-state index contributed by atoms with van der Waals surface area (Å²) in [5, 5.41) is 9.91. The molecular formula is C14H20N4O2S. The van der Waals surface area contributed by atoms with Gasteiger partial charge in [0.25, 0.3) is 10.0 Å². The number of nitrogens with zero attached hydrogens (tertiary/aromatic N) is 1. The van der Waals surface area contributed by atoms with E-state index in [1.165, 1.54) is 0 Å². The number of hydrogen-bond donors (Lipinski definition) is 3. The molecule has 0 aliphatic rings. The molecule has 0 radical (unpaired) electrons. The lowest BCUT2D eigenvalue weighted by Gasteiger charge is -2.11. The lowest BCUT2D eigenvalue weighted by atomic mass is 10.2. The van der Waals surface area contributed by atoms with Gasteiger partial charge in [0.05, 0.1) is 17.1 Å². The van der Waals surface area contributed by atoms with E-state index >= 15 is 0 Å². The number of nitrogens with one attached hydrogen (secondary N) is 3. The van der Waals surface area contributed by atoms with Gasteiger partial charge in [-0.3, -0.25) is 9.82 Å². The Balaban J connectivity index is 2.36. The van der Waals surface area contributed by atoms with Gasteiger partial charge in [-0.1, -0.05) is 25.1 Å². The Hall–Kier alpha value is -1.86. The number of benzene rings is 1. The minimum Gasteiger partial charge on any atom is -0.311 e. The average Bonchev–Trinajstić information content (AvgIpc) is 2.81. The maximum atomic E-state index is 12.6. The first kappa shape index (κ1) is 15.5. The van der Waals surface area contributed by atoms with E-state index < -0.39 is 10.0 Å². The highest BCUT2D eigenvalue weighted by Crippen LogP contribution is 2.23. The molecule has 6 nitrogen and oxygen atoms in total. The molecule has 0 saturated carbocycles. The minimum absolute atomic E-state index is 0.215. The monoisotopic (exact) mass is 308 g/mol. The Kier molecular flexibility index (Phi) is 4.64. The van der Waals surface area contributed by atoms with Gasteiger partial charge in [0.15, 0.2) is 0 Å². The highest BCUT2D eigenvalue weighted by atomic mass is 32.2. The molecule has 0 bridgehead atoms. The molecule has 7 heteroatoms. The Labute approximate surface area is 125 Å². The third kappa shape index (κ3) is 3.43. The highest BCUT2D eigenvalue weighted by Gasteiger charge is 2.24. The molecule has 21 heavy (non-hydrogen) atoms. The lowest BCUT2D eigenvalue weighted by Crippen LogP contribution is -2.19. The van der Waals surface area contributed by atoms with Gasteiger partial charge in [0.1, 0.15) is 4.90 Å². The minimum atomic E-state index is -3.67. The molecule has 0 atom stereocenters. The molecule has 0 amide bonds. The van der Waals surface area contributed by atoms with Gasteiger partial charge in [0, 0.05) is 6.54 Å². The molecule has 0 aliphatic heterocycles. The summed E-state index contributed by atoms with van der Waals surface area (Å²) >= 11 is 0. The third-order valence-electron chi connectivity index (χ3n) is 3.16. The second-order valence-corrected chi connectivity index (χ2v) is 6.44. The van der Waals surface area contributed by atoms with Crippen molar-refractivity contribution in [3.8, 4) is 0 Å². The average molecular weight is 308 g/mol. The Bertz CT molecular complexity index is 722. The Morgan fingerprint density at radius 2 is 1.95 bits per heavy atom. The van der Waals surface area contributed by atoms with Crippen LogP contribution in [-0.4, -0.2) is 25.2 Å². The standard InChI is InChI=1S/C14H20N4O2S/c1-4-15-9-13-14(11(3)16-17-13)21(19,20)18-12-8-6-5-7-10(12)2/h5-8,15,18H,4,9H2,1-3H3,(H,16,17). The first-order chi connectivity index (χ1) is 9.95. The van der Waals surface area contributed by atoms with E-state index in [0.29, 0.717) is 23.6 Å². The fourth-order valence-electron chi connectivity index (χ4n) is 2.07. The van der Waals surface area contributed by atoms with Gasteiger partial charge in [-0.15, -0.1) is 0 Å². The van der Waals surface area contributed by atoms with Crippen LogP contribution >= 0.6 is 0 Å². The SMILES string of the molecule is CCNCc1n[nH]c(C)c1S(=O)(=O)Nc1ccccc1C. The first-order valence-electron chi connectivity index (χ1n) is 6.78. The molecule has 0 saturated heterocycles. The summed E-state index contributed by atoms with van der Waals surface area (Å²) in [7, 11) is -3.67. The maximum absolute atomic E-state index is 12.6. The van der Waals surface area contributed by atoms with Gasteiger partial charge < -0.3 is 5.32 Å². The summed E-state index contributed by atoms with van der Waals surface area (Å²) in [4.78, 5) is 0.215. The Morgan fingerprint density at radius 1 is 1.24 bits per heavy atom. The number of H-pyrrole nitrogens is 1. The summed E-state index contributed by atoms with van der Waals surface area (Å²) in [6.07, 6.45) is 0. The fourth-order valence-corrected chi connectivity index (χ4v) is 3.57. The number of rotatable bonds is 6. The van der Waals surface area contributed by atoms with Crippen molar-refractivity contribution in [2.24, 2.45) is 0 Å². The van der Waals surface area contributed by atoms with E-state index in [2.05, 4.69) is 20.2 Å². The summed E-state index contributed by atoms with van der Waals surface area (Å²) < 4.78 is 27.9. The molecule has 0 spiro atoms. The van der Waals surface area contributed by atoms with Crippen LogP contribution in [0.25, 0.3) is 0 Å². The zero-order valence-electron chi connectivity index (χ0n) is 12.4. The molecule has 2 rings (SSSR count). The number of aryl methyl sites for hydroxylation is 2. The number of anilines is 1. The molecule has 0 fully saturated rings. The lowest BCUT2D eigenvalue weighted by molar-refractivity contribution is 0.597. The van der Waals surface area contributed by atoms with Crippen molar-refractivity contribution < 1.29 is 8.42 Å². The molecule has 3 N–H and O–H groups in total. The van der Waals surface area contributed by atoms with E-state index in [1.807, 2.05) is 26.0 Å². The summed E-state index contributed by atoms with van der Waals surface area (Å²) in [6.45, 7) is 6.68. The maximum Gasteiger partial charge on any atom is 0.265 e. The molecule has 1 aromatic carbocycles. The van der Waals surface area contributed by atoms with E-state index in [9.17, 15) is 8.42 Å². The predicted molar refractivity (Wildman–Crippen MR) is 82.7 cm³/mol. The van der Waals surface area contributed by atoms with Crippen molar-refractivity contribution in [3.63, 3.8) is 0 Å². The molecule has 0 unspecified atom stereocenters. The van der Waals surface area contributed by atoms with Gasteiger partial charge in [-0.25, -0.2) is 8.42 Å². The molecule has 1 aromatic heterocycles. The van der Waals surface area contributed by atoms with Crippen molar-refractivity contribution in [1.82, 2.24) is 15.5 Å². The molecular weight excluding hydrogens is 288 g/mol. The van der Waals surface area contributed by atoms with Crippen LogP contribution in [0.2, 0.25) is 0 Å². The number of para-hydroxylation sites is 1. The number of hydrogen-bond acceptors (Lipinski definition) is 4. The van der Waals surface area contributed by atoms with E-state index in [1.54, 1.807) is 19.1 Å². The van der Waals surface area contributed by atoms with Crippen LogP contribution in [0.15, 0.2) is 29.2 Å². The molecule has 0 aliphatic carbocycles. The van der Waals surface area contributed by atoms with E-state index in [0.717, 1.165) is 12.1 Å². The zero-order valence-corrected chi connectivity index (χ0v) is 13.2. The van der Waals surface area contributed by atoms with Crippen LogP contribution in [0, 0.1) is 13.8 Å². The van der Waals surface area contributed by atoms with Gasteiger partial charge >= 0.3 is 0 Å². The normalized spacial score (nSPS) is 11.6. The van der Waals surface area contributed by atoms with Crippen LogP contribution < -0.4 is 10.0 Å². The predicted octanol–water partition coefficient (Wildman–Crippen LogP) is 1.94. The Morgan fingerprint density at radius 3 is 2.62 bits per heavy atom. The van der Waals surface area contributed by atoms with Gasteiger partial charge in [-0.05, 0) is 32.0 Å². The van der Waals surface area contributed by atoms with Crippen LogP contribution in [0.3, 0.4) is 0 Å². The molecule has 114 valence electrons. The van der Waals surface area contributed by atoms with Crippen molar-refractivity contribution in [2.45, 2.75) is 32.2 Å². The molecule has 1 heterocycles. The topological polar surface area (TPSA) is 86.9 Å². The second kappa shape index (κ2) is 6.28. The zero-order chi connectivity index (χ0) is 15.5. The largest absolute Gasteiger partial charge is 0.311 e. The van der Waals surface area contributed by atoms with Crippen LogP contribution in [0.4, 0.5) is 5.69 Å².